The van der Waals surface area contributed by atoms with Crippen LogP contribution in [-0.4, -0.2) is 0 Å². The van der Waals surface area contributed by atoms with E-state index in [4.69, 9.17) is 0 Å². The lowest BCUT2D eigenvalue weighted by Gasteiger charge is -2.33. The Morgan fingerprint density at radius 1 is 0.247 bits per heavy atom. The number of benzene rings is 16. The van der Waals surface area contributed by atoms with E-state index < -0.39 is 0 Å². The van der Waals surface area contributed by atoms with Crippen LogP contribution < -0.4 is 20.9 Å². The third-order valence-corrected chi connectivity index (χ3v) is 22.9. The molecule has 0 nitrogen and oxygen atoms in total. The molecule has 16 aromatic carbocycles. The molecule has 0 atom stereocenters. The van der Waals surface area contributed by atoms with E-state index in [1.165, 1.54) is 208 Å². The second-order valence-corrected chi connectivity index (χ2v) is 27.6. The Hall–Kier alpha value is -11.7. The van der Waals surface area contributed by atoms with Crippen molar-refractivity contribution in [2.45, 2.75) is 43.9 Å². The summed E-state index contributed by atoms with van der Waals surface area (Å²) < 4.78 is 0. The molecule has 21 rings (SSSR count). The van der Waals surface area contributed by atoms with Crippen LogP contribution in [0.5, 0.6) is 0 Å². The van der Waals surface area contributed by atoms with E-state index in [0.717, 1.165) is 38.5 Å². The van der Waals surface area contributed by atoms with Crippen LogP contribution in [0.3, 0.4) is 0 Å². The molecular weight excluding hydrogens is 1170 g/mol. The van der Waals surface area contributed by atoms with E-state index in [9.17, 15) is 0 Å². The third kappa shape index (κ3) is 7.87. The van der Waals surface area contributed by atoms with Crippen LogP contribution in [0.15, 0.2) is 303 Å². The molecule has 0 aliphatic heterocycles. The molecule has 0 N–H and O–H groups in total. The molecule has 0 heteroatoms. The summed E-state index contributed by atoms with van der Waals surface area (Å²) in [5.74, 6) is 0. The minimum absolute atomic E-state index is 0.360. The van der Waals surface area contributed by atoms with Crippen LogP contribution in [0, 0.1) is 0 Å². The monoisotopic (exact) mass is 1230 g/mol. The van der Waals surface area contributed by atoms with Crippen LogP contribution in [0.4, 0.5) is 0 Å². The summed E-state index contributed by atoms with van der Waals surface area (Å²) in [6.07, 6.45) is 16.4. The Balaban J connectivity index is 0.679. The zero-order chi connectivity index (χ0) is 63.5. The minimum Gasteiger partial charge on any atom is -0.0763 e. The van der Waals surface area contributed by atoms with Gasteiger partial charge in [-0.25, -0.2) is 0 Å². The van der Waals surface area contributed by atoms with Gasteiger partial charge in [-0.2, -0.15) is 0 Å². The van der Waals surface area contributed by atoms with Gasteiger partial charge in [0.25, 0.3) is 0 Å². The summed E-state index contributed by atoms with van der Waals surface area (Å²) in [5.41, 5.74) is 26.8. The van der Waals surface area contributed by atoms with E-state index in [0.29, 0.717) is 0 Å². The molecule has 0 saturated heterocycles. The SMILES string of the molecule is C1=C(c2c3c(c(C4=c5cc(-c6ccc(-c7c8ccccc8cc8c7ccc7c(-c9cccc%10c9ccc9c(-c%11ccccc%11)c%11ccccc%11cc9%10)cccc78)cc6)ccc5=CCC4)c4ccccc24)=CCCC=3)CCC2=C1C1(c3ccccc32)c2ccccc2-c2ccccc21. The van der Waals surface area contributed by atoms with Gasteiger partial charge in [-0.3, -0.25) is 0 Å². The van der Waals surface area contributed by atoms with Crippen LogP contribution in [0.2, 0.25) is 0 Å². The highest BCUT2D eigenvalue weighted by molar-refractivity contribution is 6.25. The third-order valence-electron chi connectivity index (χ3n) is 22.9. The van der Waals surface area contributed by atoms with E-state index in [1.807, 2.05) is 0 Å². The Morgan fingerprint density at radius 2 is 0.711 bits per heavy atom. The summed E-state index contributed by atoms with van der Waals surface area (Å²) in [4.78, 5) is 0. The zero-order valence-corrected chi connectivity index (χ0v) is 53.8. The van der Waals surface area contributed by atoms with Gasteiger partial charge in [-0.1, -0.05) is 297 Å². The summed E-state index contributed by atoms with van der Waals surface area (Å²) in [7, 11) is 0. The molecule has 16 aromatic rings. The molecule has 5 aliphatic rings. The molecule has 1 spiro atoms. The summed E-state index contributed by atoms with van der Waals surface area (Å²) in [6, 6.07) is 111. The maximum Gasteiger partial charge on any atom is 0.0722 e. The highest BCUT2D eigenvalue weighted by Crippen LogP contribution is 2.64. The number of fused-ring (bicyclic) bond motifs is 20. The van der Waals surface area contributed by atoms with Crippen molar-refractivity contribution in [3.8, 4) is 55.6 Å². The predicted molar refractivity (Wildman–Crippen MR) is 412 cm³/mol. The first-order valence-electron chi connectivity index (χ1n) is 34.9. The van der Waals surface area contributed by atoms with Gasteiger partial charge in [0.15, 0.2) is 0 Å². The van der Waals surface area contributed by atoms with E-state index in [-0.39, 0.29) is 5.41 Å². The Morgan fingerprint density at radius 3 is 1.34 bits per heavy atom. The van der Waals surface area contributed by atoms with Crippen molar-refractivity contribution in [3.05, 3.63) is 357 Å². The molecule has 0 aromatic heterocycles. The number of allylic oxidation sites excluding steroid dienone is 4. The molecule has 0 unspecified atom stereocenters. The highest BCUT2D eigenvalue weighted by atomic mass is 14.5. The summed E-state index contributed by atoms with van der Waals surface area (Å²) in [6.45, 7) is 0. The first-order chi connectivity index (χ1) is 48.1. The van der Waals surface area contributed by atoms with Gasteiger partial charge in [0, 0.05) is 0 Å². The lowest BCUT2D eigenvalue weighted by atomic mass is 9.68. The number of hydrogen-bond acceptors (Lipinski definition) is 0. The van der Waals surface area contributed by atoms with Crippen molar-refractivity contribution in [1.29, 1.82) is 0 Å². The van der Waals surface area contributed by atoms with E-state index in [1.54, 1.807) is 0 Å². The summed E-state index contributed by atoms with van der Waals surface area (Å²) >= 11 is 0. The molecule has 0 saturated carbocycles. The quantitative estimate of drug-likeness (QED) is 0.115. The van der Waals surface area contributed by atoms with Crippen LogP contribution >= 0.6 is 0 Å². The standard InChI is InChI=1S/C97H64/c1-2-21-61(22-3-1)93-67-26-6-4-23-64(67)56-87-71-37-19-35-69(73(71)51-53-84(87)93)70-36-20-38-72-74(70)52-54-85-88(72)57-65-24-5-7-27-68(65)94(85)62-46-43-59(44-47-62)63-48-45-60-25-18-39-83(86(60)55-63)96-81-33-10-8-31-79(81)95(80-32-9-11-34-82(80)96)66-49-50-78-77-30-14-17-42-91(77)97(92(78)58-66)89-40-15-12-28-75(89)76-29-13-16-41-90(76)97/h1-8,10,12-17,19-38,40-48,51-58H,9,11,18,39,49-50H2. The smallest absolute Gasteiger partial charge is 0.0722 e. The maximum atomic E-state index is 2.67. The van der Waals surface area contributed by atoms with Crippen LogP contribution in [-0.2, 0) is 5.41 Å². The Kier molecular flexibility index (Phi) is 11.9. The molecule has 0 bridgehead atoms. The van der Waals surface area contributed by atoms with Gasteiger partial charge in [0.1, 0.15) is 0 Å². The fourth-order valence-corrected chi connectivity index (χ4v) is 18.9. The van der Waals surface area contributed by atoms with Crippen molar-refractivity contribution in [3.63, 3.8) is 0 Å². The van der Waals surface area contributed by atoms with Crippen LogP contribution in [0.1, 0.15) is 71.9 Å². The summed E-state index contributed by atoms with van der Waals surface area (Å²) in [5, 5.41) is 23.4. The van der Waals surface area contributed by atoms with Crippen molar-refractivity contribution in [1.82, 2.24) is 0 Å². The van der Waals surface area contributed by atoms with Gasteiger partial charge in [-0.05, 0) is 264 Å². The highest BCUT2D eigenvalue weighted by Gasteiger charge is 2.52. The molecular formula is C97H64. The van der Waals surface area contributed by atoms with Gasteiger partial charge in [0.05, 0.1) is 5.41 Å². The first-order valence-corrected chi connectivity index (χ1v) is 34.9. The maximum absolute atomic E-state index is 2.67. The van der Waals surface area contributed by atoms with E-state index >= 15 is 0 Å². The molecule has 0 fully saturated rings. The Labute approximate surface area is 563 Å². The average molecular weight is 1230 g/mol. The van der Waals surface area contributed by atoms with Crippen LogP contribution in [0.25, 0.3) is 166 Å². The average Bonchev–Trinajstić information content (AvgIpc) is 1.52. The van der Waals surface area contributed by atoms with Gasteiger partial charge in [0.2, 0.25) is 0 Å². The predicted octanol–water partition coefficient (Wildman–Crippen LogP) is 22.5. The van der Waals surface area contributed by atoms with Gasteiger partial charge < -0.3 is 0 Å². The van der Waals surface area contributed by atoms with Crippen molar-refractivity contribution in [2.24, 2.45) is 0 Å². The largest absolute Gasteiger partial charge is 0.0763 e. The lowest BCUT2D eigenvalue weighted by Crippen LogP contribution is -2.38. The molecule has 97 heavy (non-hydrogen) atoms. The minimum atomic E-state index is -0.360. The Bertz CT molecular complexity index is 6480. The number of rotatable bonds is 6. The first kappa shape index (κ1) is 54.7. The lowest BCUT2D eigenvalue weighted by molar-refractivity contribution is 0.782. The van der Waals surface area contributed by atoms with Crippen molar-refractivity contribution >= 4 is 110 Å². The second kappa shape index (κ2) is 21.2. The van der Waals surface area contributed by atoms with Crippen molar-refractivity contribution in [2.75, 3.05) is 0 Å². The molecule has 452 valence electrons. The van der Waals surface area contributed by atoms with Gasteiger partial charge in [-0.15, -0.1) is 0 Å². The molecule has 0 heterocycles. The topological polar surface area (TPSA) is 0 Å². The second-order valence-electron chi connectivity index (χ2n) is 27.6. The zero-order valence-electron chi connectivity index (χ0n) is 53.8. The van der Waals surface area contributed by atoms with Crippen molar-refractivity contribution < 1.29 is 0 Å². The van der Waals surface area contributed by atoms with Gasteiger partial charge >= 0.3 is 0 Å². The molecule has 5 aliphatic carbocycles. The molecule has 0 radical (unpaired) electrons. The molecule has 0 amide bonds. The fraction of sp³-hybridized carbons (Fsp3) is 0.0722. The van der Waals surface area contributed by atoms with E-state index in [2.05, 4.69) is 315 Å². The fourth-order valence-electron chi connectivity index (χ4n) is 18.9. The number of hydrogen-bond donors (Lipinski definition) is 0. The normalized spacial score (nSPS) is 14.9.